The van der Waals surface area contributed by atoms with Crippen molar-refractivity contribution < 1.29 is 0 Å². The molecule has 0 radical (unpaired) electrons. The van der Waals surface area contributed by atoms with Gasteiger partial charge in [-0.25, -0.2) is 4.98 Å². The summed E-state index contributed by atoms with van der Waals surface area (Å²) in [5.41, 5.74) is 2.75. The Balaban J connectivity index is 2.32. The van der Waals surface area contributed by atoms with Gasteiger partial charge < -0.3 is 0 Å². The number of thiazole rings is 1. The van der Waals surface area contributed by atoms with Crippen LogP contribution in [0.25, 0.3) is 11.3 Å². The second kappa shape index (κ2) is 4.46. The quantitative estimate of drug-likeness (QED) is 0.783. The minimum atomic E-state index is 0.470. The van der Waals surface area contributed by atoms with Crippen LogP contribution >= 0.6 is 11.3 Å². The zero-order valence-electron chi connectivity index (χ0n) is 9.27. The number of rotatable bonds is 2. The molecular formula is C13H12N2S. The maximum absolute atomic E-state index is 8.71. The van der Waals surface area contributed by atoms with E-state index in [1.165, 1.54) is 0 Å². The molecule has 0 amide bonds. The molecular weight excluding hydrogens is 216 g/mol. The van der Waals surface area contributed by atoms with E-state index in [0.29, 0.717) is 11.5 Å². The van der Waals surface area contributed by atoms with Crippen LogP contribution in [0, 0.1) is 11.3 Å². The van der Waals surface area contributed by atoms with Gasteiger partial charge >= 0.3 is 0 Å². The molecule has 0 N–H and O–H groups in total. The average molecular weight is 228 g/mol. The predicted molar refractivity (Wildman–Crippen MR) is 66.4 cm³/mol. The summed E-state index contributed by atoms with van der Waals surface area (Å²) in [6.45, 7) is 4.28. The average Bonchev–Trinajstić information content (AvgIpc) is 2.78. The van der Waals surface area contributed by atoms with Crippen LogP contribution in [0.5, 0.6) is 0 Å². The maximum atomic E-state index is 8.71. The number of nitrogens with zero attached hydrogens (tertiary/aromatic N) is 2. The topological polar surface area (TPSA) is 36.7 Å². The maximum Gasteiger partial charge on any atom is 0.0991 e. The van der Waals surface area contributed by atoms with E-state index in [9.17, 15) is 0 Å². The third-order valence-electron chi connectivity index (χ3n) is 2.33. The van der Waals surface area contributed by atoms with Crippen LogP contribution in [0.15, 0.2) is 29.6 Å². The Kier molecular flexibility index (Phi) is 3.02. The van der Waals surface area contributed by atoms with Gasteiger partial charge in [0.05, 0.1) is 22.3 Å². The molecule has 2 aromatic rings. The summed E-state index contributed by atoms with van der Waals surface area (Å²) in [5.74, 6) is 0.470. The SMILES string of the molecule is CC(C)c1nc(-c2ccc(C#N)cc2)cs1. The lowest BCUT2D eigenvalue weighted by molar-refractivity contribution is 0.853. The van der Waals surface area contributed by atoms with Crippen LogP contribution < -0.4 is 0 Å². The van der Waals surface area contributed by atoms with Gasteiger partial charge in [-0.1, -0.05) is 26.0 Å². The number of hydrogen-bond donors (Lipinski definition) is 0. The molecule has 1 aromatic heterocycles. The van der Waals surface area contributed by atoms with Gasteiger partial charge in [0.15, 0.2) is 0 Å². The molecule has 0 saturated carbocycles. The Hall–Kier alpha value is -1.66. The van der Waals surface area contributed by atoms with Gasteiger partial charge in [0.2, 0.25) is 0 Å². The first-order valence-corrected chi connectivity index (χ1v) is 6.04. The largest absolute Gasteiger partial charge is 0.241 e. The summed E-state index contributed by atoms with van der Waals surface area (Å²) in [5, 5.41) is 11.9. The van der Waals surface area contributed by atoms with Gasteiger partial charge in [0, 0.05) is 16.9 Å². The molecule has 2 rings (SSSR count). The van der Waals surface area contributed by atoms with Crippen molar-refractivity contribution in [3.05, 3.63) is 40.2 Å². The van der Waals surface area contributed by atoms with E-state index in [1.54, 1.807) is 11.3 Å². The van der Waals surface area contributed by atoms with Crippen molar-refractivity contribution in [1.29, 1.82) is 5.26 Å². The van der Waals surface area contributed by atoms with E-state index in [-0.39, 0.29) is 0 Å². The van der Waals surface area contributed by atoms with Gasteiger partial charge in [0.25, 0.3) is 0 Å². The Morgan fingerprint density at radius 3 is 2.44 bits per heavy atom. The van der Waals surface area contributed by atoms with Crippen molar-refractivity contribution in [3.63, 3.8) is 0 Å². The highest BCUT2D eigenvalue weighted by atomic mass is 32.1. The summed E-state index contributed by atoms with van der Waals surface area (Å²) < 4.78 is 0. The zero-order chi connectivity index (χ0) is 11.5. The molecule has 0 aliphatic rings. The summed E-state index contributed by atoms with van der Waals surface area (Å²) >= 11 is 1.69. The molecule has 0 spiro atoms. The van der Waals surface area contributed by atoms with Crippen molar-refractivity contribution in [2.45, 2.75) is 19.8 Å². The molecule has 0 unspecified atom stereocenters. The van der Waals surface area contributed by atoms with E-state index in [0.717, 1.165) is 16.3 Å². The monoisotopic (exact) mass is 228 g/mol. The summed E-state index contributed by atoms with van der Waals surface area (Å²) in [7, 11) is 0. The molecule has 0 saturated heterocycles. The fraction of sp³-hybridized carbons (Fsp3) is 0.231. The van der Waals surface area contributed by atoms with Gasteiger partial charge in [-0.15, -0.1) is 11.3 Å². The van der Waals surface area contributed by atoms with Crippen molar-refractivity contribution in [2.75, 3.05) is 0 Å². The first kappa shape index (κ1) is 10.8. The first-order chi connectivity index (χ1) is 7.70. The van der Waals surface area contributed by atoms with Crippen LogP contribution in [0.3, 0.4) is 0 Å². The summed E-state index contributed by atoms with van der Waals surface area (Å²) in [6, 6.07) is 9.64. The first-order valence-electron chi connectivity index (χ1n) is 5.16. The van der Waals surface area contributed by atoms with E-state index in [4.69, 9.17) is 5.26 Å². The lowest BCUT2D eigenvalue weighted by Gasteiger charge is -1.98. The fourth-order valence-corrected chi connectivity index (χ4v) is 2.25. The van der Waals surface area contributed by atoms with Gasteiger partial charge in [0.1, 0.15) is 0 Å². The predicted octanol–water partition coefficient (Wildman–Crippen LogP) is 3.81. The molecule has 0 aliphatic carbocycles. The normalized spacial score (nSPS) is 10.4. The van der Waals surface area contributed by atoms with Crippen molar-refractivity contribution in [2.24, 2.45) is 0 Å². The summed E-state index contributed by atoms with van der Waals surface area (Å²) in [6.07, 6.45) is 0. The van der Waals surface area contributed by atoms with Crippen molar-refractivity contribution in [1.82, 2.24) is 4.98 Å². The van der Waals surface area contributed by atoms with E-state index in [2.05, 4.69) is 30.3 Å². The standard InChI is InChI=1S/C13H12N2S/c1-9(2)13-15-12(8-16-13)11-5-3-10(7-14)4-6-11/h3-6,8-9H,1-2H3. The molecule has 1 heterocycles. The lowest BCUT2D eigenvalue weighted by Crippen LogP contribution is -1.85. The van der Waals surface area contributed by atoms with Gasteiger partial charge in [-0.05, 0) is 12.1 Å². The molecule has 1 aromatic carbocycles. The Morgan fingerprint density at radius 1 is 1.25 bits per heavy atom. The molecule has 0 aliphatic heterocycles. The van der Waals surface area contributed by atoms with E-state index in [1.807, 2.05) is 24.3 Å². The molecule has 0 bridgehead atoms. The van der Waals surface area contributed by atoms with Crippen LogP contribution in [0.1, 0.15) is 30.3 Å². The highest BCUT2D eigenvalue weighted by molar-refractivity contribution is 7.10. The number of benzene rings is 1. The third-order valence-corrected chi connectivity index (χ3v) is 3.47. The van der Waals surface area contributed by atoms with E-state index < -0.39 is 0 Å². The number of aromatic nitrogens is 1. The molecule has 2 nitrogen and oxygen atoms in total. The van der Waals surface area contributed by atoms with Gasteiger partial charge in [-0.3, -0.25) is 0 Å². The third kappa shape index (κ3) is 2.12. The molecule has 0 atom stereocenters. The zero-order valence-corrected chi connectivity index (χ0v) is 10.1. The van der Waals surface area contributed by atoms with Gasteiger partial charge in [-0.2, -0.15) is 5.26 Å². The smallest absolute Gasteiger partial charge is 0.0991 e. The molecule has 0 fully saturated rings. The van der Waals surface area contributed by atoms with Crippen LogP contribution in [-0.2, 0) is 0 Å². The summed E-state index contributed by atoms with van der Waals surface area (Å²) in [4.78, 5) is 4.57. The van der Waals surface area contributed by atoms with Crippen LogP contribution in [0.2, 0.25) is 0 Å². The van der Waals surface area contributed by atoms with Crippen LogP contribution in [0.4, 0.5) is 0 Å². The minimum absolute atomic E-state index is 0.470. The molecule has 80 valence electrons. The highest BCUT2D eigenvalue weighted by Crippen LogP contribution is 2.26. The number of hydrogen-bond acceptors (Lipinski definition) is 3. The Morgan fingerprint density at radius 2 is 1.94 bits per heavy atom. The second-order valence-electron chi connectivity index (χ2n) is 3.91. The fourth-order valence-electron chi connectivity index (χ4n) is 1.40. The molecule has 3 heteroatoms. The Bertz CT molecular complexity index is 518. The van der Waals surface area contributed by atoms with Crippen LogP contribution in [-0.4, -0.2) is 4.98 Å². The number of nitriles is 1. The second-order valence-corrected chi connectivity index (χ2v) is 4.80. The molecule has 16 heavy (non-hydrogen) atoms. The highest BCUT2D eigenvalue weighted by Gasteiger charge is 2.07. The Labute approximate surface area is 99.2 Å². The lowest BCUT2D eigenvalue weighted by atomic mass is 10.1. The van der Waals surface area contributed by atoms with Crippen molar-refractivity contribution >= 4 is 11.3 Å². The van der Waals surface area contributed by atoms with Crippen molar-refractivity contribution in [3.8, 4) is 17.3 Å². The minimum Gasteiger partial charge on any atom is -0.241 e. The van der Waals surface area contributed by atoms with E-state index >= 15 is 0 Å².